The first-order chi connectivity index (χ1) is 15.8. The third-order valence-corrected chi connectivity index (χ3v) is 5.94. The lowest BCUT2D eigenvalue weighted by Gasteiger charge is -2.25. The van der Waals surface area contributed by atoms with Crippen LogP contribution in [-0.4, -0.2) is 48.9 Å². The minimum absolute atomic E-state index is 0.0282. The van der Waals surface area contributed by atoms with E-state index in [1.165, 1.54) is 30.6 Å². The van der Waals surface area contributed by atoms with Crippen LogP contribution in [0.4, 0.5) is 17.6 Å². The number of aromatic nitrogens is 4. The number of benzene rings is 1. The van der Waals surface area contributed by atoms with Crippen molar-refractivity contribution in [1.29, 1.82) is 0 Å². The summed E-state index contributed by atoms with van der Waals surface area (Å²) in [6.45, 7) is 0. The van der Waals surface area contributed by atoms with E-state index in [0.717, 1.165) is 12.6 Å². The first kappa shape index (κ1) is 21.2. The number of hydrogen-bond acceptors (Lipinski definition) is 6. The maximum atomic E-state index is 14.7. The molecule has 3 unspecified atom stereocenters. The van der Waals surface area contributed by atoms with Crippen molar-refractivity contribution in [3.63, 3.8) is 0 Å². The fourth-order valence-corrected chi connectivity index (χ4v) is 4.55. The lowest BCUT2D eigenvalue weighted by Crippen LogP contribution is -2.39. The molecule has 2 saturated heterocycles. The van der Waals surface area contributed by atoms with Crippen LogP contribution in [0.5, 0.6) is 5.88 Å². The quantitative estimate of drug-likeness (QED) is 0.551. The number of halogens is 4. The van der Waals surface area contributed by atoms with Crippen LogP contribution in [-0.2, 0) is 6.18 Å². The number of carbonyl (C=O) groups is 1. The van der Waals surface area contributed by atoms with Gasteiger partial charge in [0, 0.05) is 24.9 Å². The van der Waals surface area contributed by atoms with Gasteiger partial charge in [0.15, 0.2) is 11.5 Å². The topological polar surface area (TPSA) is 81.1 Å². The first-order valence-corrected chi connectivity index (χ1v) is 10.3. The molecule has 7 nitrogen and oxygen atoms in total. The van der Waals surface area contributed by atoms with Gasteiger partial charge >= 0.3 is 6.18 Å². The highest BCUT2D eigenvalue weighted by atomic mass is 19.4. The Morgan fingerprint density at radius 2 is 1.82 bits per heavy atom. The summed E-state index contributed by atoms with van der Waals surface area (Å²) >= 11 is 0. The largest absolute Gasteiger partial charge is 0.471 e. The van der Waals surface area contributed by atoms with Crippen LogP contribution < -0.4 is 4.74 Å². The number of amides is 1. The van der Waals surface area contributed by atoms with Crippen LogP contribution in [0.3, 0.4) is 0 Å². The molecule has 33 heavy (non-hydrogen) atoms. The van der Waals surface area contributed by atoms with E-state index < -0.39 is 23.8 Å². The smallest absolute Gasteiger partial charge is 0.434 e. The SMILES string of the molecule is O=C(c1cccc(F)c1-c1ncccn1)N1C2CCC1C(Oc1cnc(C(F)(F)F)cn1)C2. The third kappa shape index (κ3) is 3.87. The third-order valence-electron chi connectivity index (χ3n) is 5.94. The molecule has 4 heterocycles. The molecule has 11 heteroatoms. The molecule has 0 radical (unpaired) electrons. The van der Waals surface area contributed by atoms with Crippen LogP contribution in [0.15, 0.2) is 49.1 Å². The monoisotopic (exact) mass is 459 g/mol. The van der Waals surface area contributed by atoms with Crippen molar-refractivity contribution in [1.82, 2.24) is 24.8 Å². The van der Waals surface area contributed by atoms with Gasteiger partial charge in [-0.3, -0.25) is 4.79 Å². The summed E-state index contributed by atoms with van der Waals surface area (Å²) < 4.78 is 58.6. The maximum Gasteiger partial charge on any atom is 0.434 e. The number of ether oxygens (including phenoxy) is 1. The number of carbonyl (C=O) groups excluding carboxylic acids is 1. The van der Waals surface area contributed by atoms with Gasteiger partial charge in [0.2, 0.25) is 5.88 Å². The van der Waals surface area contributed by atoms with Gasteiger partial charge in [-0.1, -0.05) is 6.07 Å². The fourth-order valence-electron chi connectivity index (χ4n) is 4.55. The molecule has 5 rings (SSSR count). The van der Waals surface area contributed by atoms with Gasteiger partial charge in [-0.05, 0) is 31.0 Å². The molecule has 2 aliphatic heterocycles. The average Bonchev–Trinajstić information content (AvgIpc) is 3.36. The summed E-state index contributed by atoms with van der Waals surface area (Å²) in [6, 6.07) is 5.38. The normalized spacial score (nSPS) is 21.9. The zero-order valence-electron chi connectivity index (χ0n) is 17.0. The molecule has 2 aromatic heterocycles. The summed E-state index contributed by atoms with van der Waals surface area (Å²) in [6.07, 6.45) is 1.34. The van der Waals surface area contributed by atoms with Crippen molar-refractivity contribution in [3.05, 3.63) is 66.1 Å². The summed E-state index contributed by atoms with van der Waals surface area (Å²) in [5.74, 6) is -0.907. The van der Waals surface area contributed by atoms with Gasteiger partial charge in [0.05, 0.1) is 29.6 Å². The molecular formula is C22H17F4N5O2. The average molecular weight is 459 g/mol. The second kappa shape index (κ2) is 8.05. The molecule has 2 bridgehead atoms. The van der Waals surface area contributed by atoms with E-state index in [9.17, 15) is 22.4 Å². The molecule has 0 N–H and O–H groups in total. The van der Waals surface area contributed by atoms with E-state index in [0.29, 0.717) is 19.0 Å². The first-order valence-electron chi connectivity index (χ1n) is 10.3. The van der Waals surface area contributed by atoms with Crippen LogP contribution in [0, 0.1) is 5.82 Å². The predicted octanol–water partition coefficient (Wildman–Crippen LogP) is 3.92. The Kier molecular flexibility index (Phi) is 5.18. The summed E-state index contributed by atoms with van der Waals surface area (Å²) in [4.78, 5) is 30.4. The highest BCUT2D eigenvalue weighted by Gasteiger charge is 2.50. The number of rotatable bonds is 4. The van der Waals surface area contributed by atoms with Crippen molar-refractivity contribution in [2.45, 2.75) is 43.6 Å². The zero-order chi connectivity index (χ0) is 23.2. The van der Waals surface area contributed by atoms with Crippen molar-refractivity contribution < 1.29 is 27.1 Å². The van der Waals surface area contributed by atoms with E-state index >= 15 is 0 Å². The van der Waals surface area contributed by atoms with E-state index in [1.54, 1.807) is 11.0 Å². The standard InChI is InChI=1S/C22H17F4N5O2/c23-14-4-1-3-13(19(14)20-27-7-2-8-28-20)21(32)31-12-5-6-15(31)16(9-12)33-18-11-29-17(10-30-18)22(24,25)26/h1-4,7-8,10-12,15-16H,5-6,9H2. The second-order valence-corrected chi connectivity index (χ2v) is 7.88. The van der Waals surface area contributed by atoms with Gasteiger partial charge in [-0.25, -0.2) is 24.3 Å². The predicted molar refractivity (Wildman–Crippen MR) is 106 cm³/mol. The van der Waals surface area contributed by atoms with E-state index in [1.807, 2.05) is 0 Å². The Labute approximate surface area is 185 Å². The molecule has 1 aromatic carbocycles. The van der Waals surface area contributed by atoms with Gasteiger partial charge in [-0.2, -0.15) is 13.2 Å². The molecule has 0 spiro atoms. The number of fused-ring (bicyclic) bond motifs is 2. The van der Waals surface area contributed by atoms with Crippen LogP contribution in [0.25, 0.3) is 11.4 Å². The van der Waals surface area contributed by atoms with Gasteiger partial charge < -0.3 is 9.64 Å². The fraction of sp³-hybridized carbons (Fsp3) is 0.318. The van der Waals surface area contributed by atoms with Crippen molar-refractivity contribution >= 4 is 5.91 Å². The van der Waals surface area contributed by atoms with Gasteiger partial charge in [0.25, 0.3) is 5.91 Å². The Balaban J connectivity index is 1.39. The maximum absolute atomic E-state index is 14.7. The molecule has 1 amide bonds. The molecule has 0 aliphatic carbocycles. The van der Waals surface area contributed by atoms with Gasteiger partial charge in [0.1, 0.15) is 11.9 Å². The van der Waals surface area contributed by atoms with E-state index in [4.69, 9.17) is 4.74 Å². The van der Waals surface area contributed by atoms with Crippen LogP contribution >= 0.6 is 0 Å². The van der Waals surface area contributed by atoms with Crippen LogP contribution in [0.1, 0.15) is 35.3 Å². The number of alkyl halides is 3. The van der Waals surface area contributed by atoms with Crippen molar-refractivity contribution in [3.8, 4) is 17.3 Å². The molecule has 2 fully saturated rings. The highest BCUT2D eigenvalue weighted by Crippen LogP contribution is 2.41. The Morgan fingerprint density at radius 1 is 1.03 bits per heavy atom. The Morgan fingerprint density at radius 3 is 2.52 bits per heavy atom. The summed E-state index contributed by atoms with van der Waals surface area (Å²) in [5.41, 5.74) is -0.935. The molecular weight excluding hydrogens is 442 g/mol. The minimum atomic E-state index is -4.59. The van der Waals surface area contributed by atoms with Gasteiger partial charge in [-0.15, -0.1) is 0 Å². The lowest BCUT2D eigenvalue weighted by molar-refractivity contribution is -0.141. The Hall–Kier alpha value is -3.63. The summed E-state index contributed by atoms with van der Waals surface area (Å²) in [7, 11) is 0. The van der Waals surface area contributed by atoms with Crippen LogP contribution in [0.2, 0.25) is 0 Å². The van der Waals surface area contributed by atoms with E-state index in [-0.39, 0.29) is 40.8 Å². The molecule has 0 saturated carbocycles. The Bertz CT molecular complexity index is 1170. The van der Waals surface area contributed by atoms with Crippen molar-refractivity contribution in [2.75, 3.05) is 0 Å². The van der Waals surface area contributed by atoms with E-state index in [2.05, 4.69) is 19.9 Å². The molecule has 2 aliphatic rings. The molecule has 3 aromatic rings. The van der Waals surface area contributed by atoms with Crippen molar-refractivity contribution in [2.24, 2.45) is 0 Å². The number of hydrogen-bond donors (Lipinski definition) is 0. The zero-order valence-corrected chi connectivity index (χ0v) is 17.0. The number of nitrogens with zero attached hydrogens (tertiary/aromatic N) is 5. The second-order valence-electron chi connectivity index (χ2n) is 7.88. The minimum Gasteiger partial charge on any atom is -0.471 e. The highest BCUT2D eigenvalue weighted by molar-refractivity contribution is 6.01. The summed E-state index contributed by atoms with van der Waals surface area (Å²) in [5, 5.41) is 0. The molecule has 170 valence electrons. The molecule has 3 atom stereocenters. The lowest BCUT2D eigenvalue weighted by atomic mass is 9.98.